The normalized spacial score (nSPS) is 15.6. The van der Waals surface area contributed by atoms with Gasteiger partial charge in [-0.2, -0.15) is 9.97 Å². The van der Waals surface area contributed by atoms with E-state index in [2.05, 4.69) is 245 Å². The van der Waals surface area contributed by atoms with Gasteiger partial charge in [-0.15, -0.1) is 0 Å². The molecule has 0 radical (unpaired) electrons. The molecule has 9 aromatic carbocycles. The summed E-state index contributed by atoms with van der Waals surface area (Å²) in [4.78, 5) is 21.7. The van der Waals surface area contributed by atoms with Crippen molar-refractivity contribution in [2.75, 3.05) is 0 Å². The minimum absolute atomic E-state index is 0.0129. The summed E-state index contributed by atoms with van der Waals surface area (Å²) in [5, 5.41) is 16.7. The molecule has 8 heteroatoms. The molecule has 8 nitrogen and oxygen atoms in total. The van der Waals surface area contributed by atoms with Crippen LogP contribution in [0, 0.1) is 5.41 Å². The first kappa shape index (κ1) is 41.3. The number of rotatable bonds is 7. The highest BCUT2D eigenvalue weighted by molar-refractivity contribution is 6.26. The monoisotopic (exact) mass is 936 g/mol. The predicted octanol–water partition coefficient (Wildman–Crippen LogP) is 14.6. The molecule has 0 amide bonds. The highest BCUT2D eigenvalue weighted by Crippen LogP contribution is 2.43. The fourth-order valence-corrected chi connectivity index (χ4v) is 11.4. The molecule has 73 heavy (non-hydrogen) atoms. The number of hydrogen-bond acceptors (Lipinski definition) is 4. The molecule has 0 aliphatic heterocycles. The first-order valence-electron chi connectivity index (χ1n) is 24.9. The third-order valence-corrected chi connectivity index (χ3v) is 15.1. The van der Waals surface area contributed by atoms with Gasteiger partial charge in [-0.25, -0.2) is 14.8 Å². The highest BCUT2D eigenvalue weighted by atomic mass is 15.4. The summed E-state index contributed by atoms with van der Waals surface area (Å²) in [5.41, 5.74) is 9.33. The van der Waals surface area contributed by atoms with Crippen molar-refractivity contribution in [2.45, 2.75) is 19.9 Å². The number of allylic oxidation sites excluding steroid dienone is 8. The number of para-hydroxylation sites is 2. The van der Waals surface area contributed by atoms with Gasteiger partial charge in [0.1, 0.15) is 6.54 Å². The van der Waals surface area contributed by atoms with Crippen LogP contribution in [0.15, 0.2) is 236 Å². The van der Waals surface area contributed by atoms with Gasteiger partial charge < -0.3 is 9.55 Å². The van der Waals surface area contributed by atoms with Gasteiger partial charge >= 0.3 is 0 Å². The Hall–Kier alpha value is -9.53. The average Bonchev–Trinajstić information content (AvgIpc) is 4.12. The van der Waals surface area contributed by atoms with E-state index in [4.69, 9.17) is 25.0 Å². The number of hydrogen-bond donors (Lipinski definition) is 0. The molecule has 2 aliphatic rings. The summed E-state index contributed by atoms with van der Waals surface area (Å²) >= 11 is 0. The molecule has 0 saturated heterocycles. The van der Waals surface area contributed by atoms with E-state index in [0.717, 1.165) is 99.5 Å². The van der Waals surface area contributed by atoms with Crippen LogP contribution >= 0.6 is 0 Å². The molecule has 0 spiro atoms. The summed E-state index contributed by atoms with van der Waals surface area (Å²) in [6.45, 7) is 2.88. The molecule has 0 bridgehead atoms. The Kier molecular flexibility index (Phi) is 9.04. The minimum Gasteiger partial charge on any atom is -0.364 e. The molecular formula is C65H44N8. The summed E-state index contributed by atoms with van der Waals surface area (Å²) in [6, 6.07) is 66.5. The van der Waals surface area contributed by atoms with E-state index in [0.29, 0.717) is 30.1 Å². The SMILES string of the molecule is CC12C=CC=CC1=CC(C[n+]1[n-]c(-n3c4ccccc4c4c3ccc3c5ccccc5n(-c5nc(-c6ccc7ccccc7c6)nc(-c6ccc7ccccc7c6)n5)c34)nc1-c1ccc3ccccc3c1)=CC2. The first-order valence-corrected chi connectivity index (χ1v) is 24.9. The summed E-state index contributed by atoms with van der Waals surface area (Å²) in [5.74, 6) is 3.14. The van der Waals surface area contributed by atoms with E-state index in [1.165, 1.54) is 16.5 Å². The van der Waals surface area contributed by atoms with Crippen molar-refractivity contribution in [3.05, 3.63) is 236 Å². The van der Waals surface area contributed by atoms with Gasteiger partial charge in [0.15, 0.2) is 17.5 Å². The second-order valence-corrected chi connectivity index (χ2v) is 19.6. The van der Waals surface area contributed by atoms with Crippen LogP contribution in [0.2, 0.25) is 0 Å². The van der Waals surface area contributed by atoms with E-state index in [1.54, 1.807) is 0 Å². The van der Waals surface area contributed by atoms with Crippen LogP contribution in [-0.4, -0.2) is 29.1 Å². The molecule has 344 valence electrons. The molecule has 2 aliphatic carbocycles. The standard InChI is InChI=1S/C65H44N8/c1-65-34-13-12-20-51(65)36-41(33-35-65)40-71-62(50-30-27-44-16-4-7-19-47(44)39-50)69-64(70-71)72-56-24-11-9-22-54(56)58-57(72)32-31-53-52-21-8-10-23-55(52)73(59(53)58)63-67-60(48-28-25-42-14-2-5-17-45(42)37-48)66-61(68-63)49-29-26-43-15-3-6-18-46(43)38-49/h2-34,36-39H,35,40H2,1H3. The summed E-state index contributed by atoms with van der Waals surface area (Å²) < 4.78 is 6.58. The Morgan fingerprint density at radius 1 is 0.521 bits per heavy atom. The molecule has 0 fully saturated rings. The third kappa shape index (κ3) is 6.64. The highest BCUT2D eigenvalue weighted by Gasteiger charge is 2.29. The van der Waals surface area contributed by atoms with Crippen molar-refractivity contribution in [1.82, 2.24) is 34.2 Å². The molecule has 0 saturated carbocycles. The summed E-state index contributed by atoms with van der Waals surface area (Å²) in [6.07, 6.45) is 14.5. The Morgan fingerprint density at radius 3 is 1.77 bits per heavy atom. The number of fused-ring (bicyclic) bond motifs is 11. The largest absolute Gasteiger partial charge is 0.364 e. The zero-order valence-corrected chi connectivity index (χ0v) is 39.9. The lowest BCUT2D eigenvalue weighted by Gasteiger charge is -2.32. The van der Waals surface area contributed by atoms with Gasteiger partial charge in [-0.05, 0) is 91.1 Å². The topological polar surface area (TPSA) is 79.4 Å². The molecule has 4 aromatic heterocycles. The Labute approximate surface area is 419 Å². The van der Waals surface area contributed by atoms with E-state index in [9.17, 15) is 0 Å². The molecule has 15 rings (SSSR count). The van der Waals surface area contributed by atoms with Gasteiger partial charge in [0.2, 0.25) is 5.95 Å². The van der Waals surface area contributed by atoms with E-state index in [1.807, 2.05) is 0 Å². The maximum Gasteiger partial charge on any atom is 0.238 e. The van der Waals surface area contributed by atoms with Crippen LogP contribution in [0.4, 0.5) is 0 Å². The molecule has 13 aromatic rings. The van der Waals surface area contributed by atoms with Crippen LogP contribution in [0.1, 0.15) is 13.3 Å². The number of benzene rings is 9. The second kappa shape index (κ2) is 16.0. The van der Waals surface area contributed by atoms with Crippen molar-refractivity contribution in [2.24, 2.45) is 5.41 Å². The third-order valence-electron chi connectivity index (χ3n) is 15.1. The molecule has 1 atom stereocenters. The van der Waals surface area contributed by atoms with Crippen molar-refractivity contribution >= 4 is 75.9 Å². The Balaban J connectivity index is 0.975. The van der Waals surface area contributed by atoms with Gasteiger partial charge in [-0.3, -0.25) is 4.57 Å². The van der Waals surface area contributed by atoms with Gasteiger partial charge in [0, 0.05) is 43.8 Å². The first-order chi connectivity index (χ1) is 36.0. The van der Waals surface area contributed by atoms with Gasteiger partial charge in [-0.1, -0.05) is 201 Å². The number of nitrogens with zero attached hydrogens (tertiary/aromatic N) is 8. The van der Waals surface area contributed by atoms with Crippen molar-refractivity contribution in [3.8, 4) is 46.1 Å². The van der Waals surface area contributed by atoms with Crippen LogP contribution in [0.25, 0.3) is 122 Å². The van der Waals surface area contributed by atoms with Crippen molar-refractivity contribution in [3.63, 3.8) is 0 Å². The zero-order valence-electron chi connectivity index (χ0n) is 39.9. The second-order valence-electron chi connectivity index (χ2n) is 19.6. The fraction of sp³-hybridized carbons (Fsp3) is 0.0615. The van der Waals surface area contributed by atoms with E-state index >= 15 is 0 Å². The molecular weight excluding hydrogens is 893 g/mol. The lowest BCUT2D eigenvalue weighted by atomic mass is 9.73. The average molecular weight is 937 g/mol. The van der Waals surface area contributed by atoms with Crippen LogP contribution in [-0.2, 0) is 6.54 Å². The van der Waals surface area contributed by atoms with Gasteiger partial charge in [0.05, 0.1) is 17.0 Å². The van der Waals surface area contributed by atoms with Crippen LogP contribution < -0.4 is 9.78 Å². The maximum absolute atomic E-state index is 5.53. The maximum atomic E-state index is 5.53. The smallest absolute Gasteiger partial charge is 0.238 e. The Bertz CT molecular complexity index is 4500. The van der Waals surface area contributed by atoms with Gasteiger partial charge in [0.25, 0.3) is 0 Å². The lowest BCUT2D eigenvalue weighted by molar-refractivity contribution is -0.737. The molecule has 0 N–H and O–H groups in total. The fourth-order valence-electron chi connectivity index (χ4n) is 11.4. The van der Waals surface area contributed by atoms with Crippen molar-refractivity contribution in [1.29, 1.82) is 0 Å². The predicted molar refractivity (Wildman–Crippen MR) is 296 cm³/mol. The van der Waals surface area contributed by atoms with Crippen LogP contribution in [0.3, 0.4) is 0 Å². The van der Waals surface area contributed by atoms with Crippen molar-refractivity contribution < 1.29 is 4.68 Å². The number of aromatic nitrogens is 8. The quantitative estimate of drug-likeness (QED) is 0.149. The molecule has 4 heterocycles. The minimum atomic E-state index is -0.0129. The summed E-state index contributed by atoms with van der Waals surface area (Å²) in [7, 11) is 0. The zero-order chi connectivity index (χ0) is 48.2. The van der Waals surface area contributed by atoms with Crippen LogP contribution in [0.5, 0.6) is 0 Å². The van der Waals surface area contributed by atoms with E-state index in [-0.39, 0.29) is 5.41 Å². The van der Waals surface area contributed by atoms with E-state index < -0.39 is 0 Å². The molecule has 1 unspecified atom stereocenters. The Morgan fingerprint density at radius 2 is 1.10 bits per heavy atom. The lowest BCUT2D eigenvalue weighted by Crippen LogP contribution is -2.41.